The molecule has 1 aliphatic rings. The Kier molecular flexibility index (Phi) is 11.0. The second kappa shape index (κ2) is 10.9. The van der Waals surface area contributed by atoms with Gasteiger partial charge >= 0.3 is 0 Å². The van der Waals surface area contributed by atoms with Crippen LogP contribution in [0.15, 0.2) is 29.2 Å². The van der Waals surface area contributed by atoms with Crippen LogP contribution in [0.2, 0.25) is 0 Å². The molecule has 0 amide bonds. The van der Waals surface area contributed by atoms with Gasteiger partial charge in [-0.3, -0.25) is 4.90 Å². The van der Waals surface area contributed by atoms with Crippen LogP contribution in [0.25, 0.3) is 0 Å². The molecule has 1 heterocycles. The molecule has 1 saturated heterocycles. The van der Waals surface area contributed by atoms with Crippen molar-refractivity contribution < 1.29 is 0 Å². The minimum absolute atomic E-state index is 0. The molecule has 24 heavy (non-hydrogen) atoms. The highest BCUT2D eigenvalue weighted by Gasteiger charge is 2.26. The zero-order valence-corrected chi connectivity index (χ0v) is 18.1. The Labute approximate surface area is 165 Å². The lowest BCUT2D eigenvalue weighted by Gasteiger charge is -2.37. The zero-order valence-electron chi connectivity index (χ0n) is 15.7. The second-order valence-electron chi connectivity index (χ2n) is 7.68. The van der Waals surface area contributed by atoms with Crippen LogP contribution in [0.4, 0.5) is 0 Å². The van der Waals surface area contributed by atoms with Gasteiger partial charge < -0.3 is 5.32 Å². The van der Waals surface area contributed by atoms with Crippen molar-refractivity contribution in [2.45, 2.75) is 56.7 Å². The van der Waals surface area contributed by atoms with Gasteiger partial charge in [0, 0.05) is 41.9 Å². The predicted octanol–water partition coefficient (Wildman–Crippen LogP) is 5.41. The molecule has 5 heteroatoms. The first-order valence-corrected chi connectivity index (χ1v) is 9.41. The third kappa shape index (κ3) is 7.53. The average Bonchev–Trinajstić information content (AvgIpc) is 2.45. The molecule has 0 unspecified atom stereocenters. The summed E-state index contributed by atoms with van der Waals surface area (Å²) in [6.45, 7) is 16.1. The number of piperazine rings is 1. The van der Waals surface area contributed by atoms with Gasteiger partial charge in [-0.1, -0.05) is 52.8 Å². The fourth-order valence-electron chi connectivity index (χ4n) is 3.09. The Morgan fingerprint density at radius 1 is 1.08 bits per heavy atom. The topological polar surface area (TPSA) is 15.3 Å². The molecular formula is C19H34Cl2N2S. The second-order valence-corrected chi connectivity index (χ2v) is 9.55. The van der Waals surface area contributed by atoms with E-state index >= 15 is 0 Å². The Balaban J connectivity index is 0.00000264. The quantitative estimate of drug-likeness (QED) is 0.673. The third-order valence-corrected chi connectivity index (χ3v) is 5.19. The Bertz CT molecular complexity index is 469. The minimum atomic E-state index is 0. The molecule has 140 valence electrons. The number of benzene rings is 1. The van der Waals surface area contributed by atoms with Gasteiger partial charge in [0.05, 0.1) is 0 Å². The highest BCUT2D eigenvalue weighted by atomic mass is 35.5. The van der Waals surface area contributed by atoms with Crippen molar-refractivity contribution in [3.8, 4) is 0 Å². The third-order valence-electron chi connectivity index (χ3n) is 3.98. The van der Waals surface area contributed by atoms with Crippen molar-refractivity contribution in [3.63, 3.8) is 0 Å². The summed E-state index contributed by atoms with van der Waals surface area (Å²) in [5.74, 6) is 0.715. The van der Waals surface area contributed by atoms with Crippen molar-refractivity contribution in [2.75, 3.05) is 26.2 Å². The number of hydrogen-bond donors (Lipinski definition) is 1. The maximum absolute atomic E-state index is 3.48. The van der Waals surface area contributed by atoms with Gasteiger partial charge in [-0.05, 0) is 24.0 Å². The standard InChI is InChI=1S/C19H32N2S.2ClH/c1-15(2)14-17(21-12-10-20-11-13-21)16-8-6-7-9-18(16)22-19(3,4)5;;/h6-9,15,17,20H,10-14H2,1-5H3;2*1H/t17-;;/m0../s1. The smallest absolute Gasteiger partial charge is 0.0362 e. The van der Waals surface area contributed by atoms with Crippen LogP contribution in [-0.4, -0.2) is 35.8 Å². The monoisotopic (exact) mass is 392 g/mol. The van der Waals surface area contributed by atoms with Gasteiger partial charge in [-0.25, -0.2) is 0 Å². The van der Waals surface area contributed by atoms with Crippen molar-refractivity contribution in [3.05, 3.63) is 29.8 Å². The molecular weight excluding hydrogens is 359 g/mol. The van der Waals surface area contributed by atoms with E-state index in [0.717, 1.165) is 26.2 Å². The molecule has 0 aromatic heterocycles. The van der Waals surface area contributed by atoms with E-state index in [1.165, 1.54) is 16.9 Å². The summed E-state index contributed by atoms with van der Waals surface area (Å²) < 4.78 is 0.252. The summed E-state index contributed by atoms with van der Waals surface area (Å²) in [5.41, 5.74) is 1.53. The molecule has 1 aliphatic heterocycles. The van der Waals surface area contributed by atoms with Crippen molar-refractivity contribution >= 4 is 36.6 Å². The van der Waals surface area contributed by atoms with Crippen LogP contribution in [0.1, 0.15) is 52.6 Å². The van der Waals surface area contributed by atoms with E-state index in [4.69, 9.17) is 0 Å². The summed E-state index contributed by atoms with van der Waals surface area (Å²) in [7, 11) is 0. The summed E-state index contributed by atoms with van der Waals surface area (Å²) in [6, 6.07) is 9.59. The summed E-state index contributed by atoms with van der Waals surface area (Å²) in [6.07, 6.45) is 1.24. The Hall–Kier alpha value is 0.0700. The van der Waals surface area contributed by atoms with Crippen molar-refractivity contribution in [1.82, 2.24) is 10.2 Å². The first-order chi connectivity index (χ1) is 10.4. The number of thioether (sulfide) groups is 1. The van der Waals surface area contributed by atoms with E-state index in [9.17, 15) is 0 Å². The molecule has 0 bridgehead atoms. The molecule has 1 atom stereocenters. The van der Waals surface area contributed by atoms with Crippen LogP contribution in [0.5, 0.6) is 0 Å². The lowest BCUT2D eigenvalue weighted by atomic mass is 9.95. The predicted molar refractivity (Wildman–Crippen MR) is 113 cm³/mol. The van der Waals surface area contributed by atoms with E-state index in [1.54, 1.807) is 0 Å². The fraction of sp³-hybridized carbons (Fsp3) is 0.684. The van der Waals surface area contributed by atoms with Crippen LogP contribution >= 0.6 is 36.6 Å². The summed E-state index contributed by atoms with van der Waals surface area (Å²) in [5, 5.41) is 3.48. The van der Waals surface area contributed by atoms with Gasteiger partial charge in [0.1, 0.15) is 0 Å². The highest BCUT2D eigenvalue weighted by molar-refractivity contribution is 8.00. The van der Waals surface area contributed by atoms with E-state index in [1.807, 2.05) is 11.8 Å². The lowest BCUT2D eigenvalue weighted by Crippen LogP contribution is -2.45. The van der Waals surface area contributed by atoms with E-state index in [2.05, 4.69) is 69.1 Å². The van der Waals surface area contributed by atoms with Gasteiger partial charge in [-0.15, -0.1) is 36.6 Å². The largest absolute Gasteiger partial charge is 0.314 e. The lowest BCUT2D eigenvalue weighted by molar-refractivity contribution is 0.152. The van der Waals surface area contributed by atoms with Gasteiger partial charge in [-0.2, -0.15) is 0 Å². The molecule has 0 saturated carbocycles. The summed E-state index contributed by atoms with van der Waals surface area (Å²) in [4.78, 5) is 4.14. The van der Waals surface area contributed by atoms with Crippen LogP contribution in [0, 0.1) is 5.92 Å². The molecule has 1 fully saturated rings. The van der Waals surface area contributed by atoms with E-state index in [0.29, 0.717) is 12.0 Å². The van der Waals surface area contributed by atoms with E-state index in [-0.39, 0.29) is 29.6 Å². The van der Waals surface area contributed by atoms with Crippen LogP contribution < -0.4 is 5.32 Å². The SMILES string of the molecule is CC(C)C[C@@H](c1ccccc1SC(C)(C)C)N1CCNCC1.Cl.Cl. The van der Waals surface area contributed by atoms with Gasteiger partial charge in [0.2, 0.25) is 0 Å². The molecule has 0 aliphatic carbocycles. The molecule has 1 N–H and O–H groups in total. The maximum Gasteiger partial charge on any atom is 0.0362 e. The number of hydrogen-bond acceptors (Lipinski definition) is 3. The summed E-state index contributed by atoms with van der Waals surface area (Å²) >= 11 is 2.00. The number of nitrogens with zero attached hydrogens (tertiary/aromatic N) is 1. The molecule has 2 nitrogen and oxygen atoms in total. The molecule has 2 rings (SSSR count). The van der Waals surface area contributed by atoms with Crippen molar-refractivity contribution in [2.24, 2.45) is 5.92 Å². The normalized spacial score (nSPS) is 17.1. The van der Waals surface area contributed by atoms with Crippen LogP contribution in [-0.2, 0) is 0 Å². The minimum Gasteiger partial charge on any atom is -0.314 e. The highest BCUT2D eigenvalue weighted by Crippen LogP contribution is 2.39. The molecule has 0 spiro atoms. The number of nitrogens with one attached hydrogen (secondary N) is 1. The Morgan fingerprint density at radius 3 is 2.21 bits per heavy atom. The first-order valence-electron chi connectivity index (χ1n) is 8.59. The van der Waals surface area contributed by atoms with Crippen LogP contribution in [0.3, 0.4) is 0 Å². The van der Waals surface area contributed by atoms with Gasteiger partial charge in [0.25, 0.3) is 0 Å². The van der Waals surface area contributed by atoms with Gasteiger partial charge in [0.15, 0.2) is 0 Å². The molecule has 0 radical (unpaired) electrons. The number of halogens is 2. The Morgan fingerprint density at radius 2 is 1.67 bits per heavy atom. The average molecular weight is 393 g/mol. The molecule has 1 aromatic carbocycles. The van der Waals surface area contributed by atoms with E-state index < -0.39 is 0 Å². The maximum atomic E-state index is 3.48. The number of rotatable bonds is 5. The first kappa shape index (κ1) is 24.1. The zero-order chi connectivity index (χ0) is 16.2. The van der Waals surface area contributed by atoms with Crippen molar-refractivity contribution in [1.29, 1.82) is 0 Å². The molecule has 1 aromatic rings. The fourth-order valence-corrected chi connectivity index (χ4v) is 4.22.